The van der Waals surface area contributed by atoms with E-state index in [1.807, 2.05) is 24.7 Å². The van der Waals surface area contributed by atoms with Crippen molar-refractivity contribution >= 4 is 11.3 Å². The van der Waals surface area contributed by atoms with E-state index in [2.05, 4.69) is 60.3 Å². The largest absolute Gasteiger partial charge is 0.301 e. The SMILES string of the molecule is CCc1ncc(CN[C@@H](c2cccnc2)c2cc(C)cc(C)c2)s1. The smallest absolute Gasteiger partial charge is 0.0925 e. The van der Waals surface area contributed by atoms with Gasteiger partial charge in [-0.25, -0.2) is 4.98 Å². The monoisotopic (exact) mass is 337 g/mol. The van der Waals surface area contributed by atoms with E-state index < -0.39 is 0 Å². The maximum absolute atomic E-state index is 4.45. The molecule has 24 heavy (non-hydrogen) atoms. The van der Waals surface area contributed by atoms with Crippen molar-refractivity contribution in [2.75, 3.05) is 0 Å². The van der Waals surface area contributed by atoms with Crippen molar-refractivity contribution < 1.29 is 0 Å². The molecule has 1 aromatic carbocycles. The molecule has 0 bridgehead atoms. The molecule has 0 unspecified atom stereocenters. The standard InChI is InChI=1S/C20H23N3S/c1-4-19-22-12-18(24-19)13-23-20(16-6-5-7-21-11-16)17-9-14(2)8-15(3)10-17/h5-12,20,23H,4,13H2,1-3H3/t20-/m0/s1. The molecular weight excluding hydrogens is 314 g/mol. The molecule has 0 fully saturated rings. The number of thiazole rings is 1. The van der Waals surface area contributed by atoms with Crippen molar-refractivity contribution in [3.63, 3.8) is 0 Å². The van der Waals surface area contributed by atoms with Gasteiger partial charge in [0.1, 0.15) is 0 Å². The van der Waals surface area contributed by atoms with Gasteiger partial charge in [-0.15, -0.1) is 11.3 Å². The summed E-state index contributed by atoms with van der Waals surface area (Å²) in [6, 6.07) is 11.0. The lowest BCUT2D eigenvalue weighted by molar-refractivity contribution is 0.607. The number of rotatable bonds is 6. The summed E-state index contributed by atoms with van der Waals surface area (Å²) in [7, 11) is 0. The Balaban J connectivity index is 1.87. The fourth-order valence-electron chi connectivity index (χ4n) is 2.95. The van der Waals surface area contributed by atoms with Crippen LogP contribution in [0.5, 0.6) is 0 Å². The van der Waals surface area contributed by atoms with Crippen LogP contribution in [0.2, 0.25) is 0 Å². The molecule has 0 aliphatic rings. The molecule has 0 saturated carbocycles. The van der Waals surface area contributed by atoms with Gasteiger partial charge in [0.25, 0.3) is 0 Å². The molecule has 0 saturated heterocycles. The minimum atomic E-state index is 0.129. The summed E-state index contributed by atoms with van der Waals surface area (Å²) < 4.78 is 0. The van der Waals surface area contributed by atoms with Crippen molar-refractivity contribution in [2.45, 2.75) is 39.8 Å². The van der Waals surface area contributed by atoms with Gasteiger partial charge in [0.2, 0.25) is 0 Å². The minimum Gasteiger partial charge on any atom is -0.301 e. The van der Waals surface area contributed by atoms with E-state index in [-0.39, 0.29) is 6.04 Å². The first-order valence-electron chi connectivity index (χ1n) is 8.30. The number of hydrogen-bond acceptors (Lipinski definition) is 4. The summed E-state index contributed by atoms with van der Waals surface area (Å²) in [6.07, 6.45) is 6.74. The summed E-state index contributed by atoms with van der Waals surface area (Å²) in [5.41, 5.74) is 5.03. The van der Waals surface area contributed by atoms with Crippen molar-refractivity contribution in [3.05, 3.63) is 81.1 Å². The molecule has 2 heterocycles. The second-order valence-corrected chi connectivity index (χ2v) is 7.29. The lowest BCUT2D eigenvalue weighted by atomic mass is 9.96. The lowest BCUT2D eigenvalue weighted by Gasteiger charge is -2.20. The minimum absolute atomic E-state index is 0.129. The zero-order chi connectivity index (χ0) is 16.9. The topological polar surface area (TPSA) is 37.8 Å². The zero-order valence-corrected chi connectivity index (χ0v) is 15.2. The number of pyridine rings is 1. The van der Waals surface area contributed by atoms with Crippen molar-refractivity contribution in [3.8, 4) is 0 Å². The Labute approximate surface area is 147 Å². The molecule has 0 amide bonds. The maximum atomic E-state index is 4.45. The Bertz CT molecular complexity index is 775. The molecule has 0 aliphatic heterocycles. The maximum Gasteiger partial charge on any atom is 0.0925 e. The van der Waals surface area contributed by atoms with E-state index in [1.165, 1.54) is 32.1 Å². The van der Waals surface area contributed by atoms with E-state index >= 15 is 0 Å². The molecule has 0 radical (unpaired) electrons. The normalized spacial score (nSPS) is 12.3. The molecule has 2 aromatic heterocycles. The molecule has 0 spiro atoms. The highest BCUT2D eigenvalue weighted by atomic mass is 32.1. The van der Waals surface area contributed by atoms with Crippen LogP contribution in [0.1, 0.15) is 45.1 Å². The van der Waals surface area contributed by atoms with Crippen LogP contribution in [-0.4, -0.2) is 9.97 Å². The molecule has 3 rings (SSSR count). The Morgan fingerprint density at radius 1 is 1.08 bits per heavy atom. The van der Waals surface area contributed by atoms with E-state index in [9.17, 15) is 0 Å². The number of nitrogens with one attached hydrogen (secondary N) is 1. The molecule has 0 aliphatic carbocycles. The number of aromatic nitrogens is 2. The van der Waals surface area contributed by atoms with Crippen LogP contribution >= 0.6 is 11.3 Å². The molecule has 124 valence electrons. The first-order valence-corrected chi connectivity index (χ1v) is 9.12. The average molecular weight is 337 g/mol. The van der Waals surface area contributed by atoms with Gasteiger partial charge in [0, 0.05) is 30.0 Å². The van der Waals surface area contributed by atoms with Gasteiger partial charge in [-0.2, -0.15) is 0 Å². The number of aryl methyl sites for hydroxylation is 3. The van der Waals surface area contributed by atoms with Gasteiger partial charge in [0.15, 0.2) is 0 Å². The third kappa shape index (κ3) is 4.08. The number of benzene rings is 1. The van der Waals surface area contributed by atoms with E-state index in [0.717, 1.165) is 13.0 Å². The zero-order valence-electron chi connectivity index (χ0n) is 14.4. The molecule has 3 nitrogen and oxygen atoms in total. The summed E-state index contributed by atoms with van der Waals surface area (Å²) in [4.78, 5) is 10.0. The lowest BCUT2D eigenvalue weighted by Crippen LogP contribution is -2.22. The van der Waals surface area contributed by atoms with E-state index in [0.29, 0.717) is 0 Å². The van der Waals surface area contributed by atoms with Crippen LogP contribution in [0.3, 0.4) is 0 Å². The van der Waals surface area contributed by atoms with Crippen LogP contribution in [0.4, 0.5) is 0 Å². The Kier molecular flexibility index (Phi) is 5.38. The highest BCUT2D eigenvalue weighted by molar-refractivity contribution is 7.11. The summed E-state index contributed by atoms with van der Waals surface area (Å²) in [6.45, 7) is 7.25. The predicted octanol–water partition coefficient (Wildman–Crippen LogP) is 4.60. The van der Waals surface area contributed by atoms with Crippen LogP contribution in [0, 0.1) is 13.8 Å². The average Bonchev–Trinajstić information content (AvgIpc) is 3.03. The third-order valence-electron chi connectivity index (χ3n) is 3.98. The predicted molar refractivity (Wildman–Crippen MR) is 100 cm³/mol. The van der Waals surface area contributed by atoms with Gasteiger partial charge in [0.05, 0.1) is 11.0 Å². The number of hydrogen-bond donors (Lipinski definition) is 1. The molecule has 1 N–H and O–H groups in total. The van der Waals surface area contributed by atoms with Crippen molar-refractivity contribution in [2.24, 2.45) is 0 Å². The van der Waals surface area contributed by atoms with E-state index in [4.69, 9.17) is 0 Å². The second-order valence-electron chi connectivity index (χ2n) is 6.10. The Morgan fingerprint density at radius 3 is 2.50 bits per heavy atom. The summed E-state index contributed by atoms with van der Waals surface area (Å²) in [5, 5.41) is 4.88. The second kappa shape index (κ2) is 7.69. The molecule has 4 heteroatoms. The van der Waals surface area contributed by atoms with Crippen molar-refractivity contribution in [1.29, 1.82) is 0 Å². The molecule has 3 aromatic rings. The first-order chi connectivity index (χ1) is 11.7. The van der Waals surface area contributed by atoms with Gasteiger partial charge < -0.3 is 5.32 Å². The Hall–Kier alpha value is -2.04. The van der Waals surface area contributed by atoms with Crippen molar-refractivity contribution in [1.82, 2.24) is 15.3 Å². The fraction of sp³-hybridized carbons (Fsp3) is 0.300. The van der Waals surface area contributed by atoms with Gasteiger partial charge in [-0.1, -0.05) is 42.3 Å². The summed E-state index contributed by atoms with van der Waals surface area (Å²) in [5.74, 6) is 0. The van der Waals surface area contributed by atoms with Gasteiger partial charge in [-0.3, -0.25) is 4.98 Å². The van der Waals surface area contributed by atoms with Crippen LogP contribution < -0.4 is 5.32 Å². The van der Waals surface area contributed by atoms with Crippen LogP contribution in [-0.2, 0) is 13.0 Å². The number of nitrogens with zero attached hydrogens (tertiary/aromatic N) is 2. The highest BCUT2D eigenvalue weighted by Crippen LogP contribution is 2.25. The molecule has 1 atom stereocenters. The van der Waals surface area contributed by atoms with Crippen LogP contribution in [0.15, 0.2) is 48.9 Å². The highest BCUT2D eigenvalue weighted by Gasteiger charge is 2.15. The van der Waals surface area contributed by atoms with E-state index in [1.54, 1.807) is 11.3 Å². The summed E-state index contributed by atoms with van der Waals surface area (Å²) >= 11 is 1.78. The van der Waals surface area contributed by atoms with Gasteiger partial charge in [-0.05, 0) is 37.5 Å². The molecular formula is C20H23N3S. The third-order valence-corrected chi connectivity index (χ3v) is 5.12. The Morgan fingerprint density at radius 2 is 1.88 bits per heavy atom. The van der Waals surface area contributed by atoms with Crippen LogP contribution in [0.25, 0.3) is 0 Å². The van der Waals surface area contributed by atoms with Gasteiger partial charge >= 0.3 is 0 Å². The first kappa shape index (κ1) is 16.8. The fourth-order valence-corrected chi connectivity index (χ4v) is 3.76. The quantitative estimate of drug-likeness (QED) is 0.714.